The van der Waals surface area contributed by atoms with Crippen LogP contribution in [0.4, 0.5) is 5.82 Å². The molecule has 1 aliphatic heterocycles. The molecule has 1 saturated heterocycles. The van der Waals surface area contributed by atoms with E-state index in [1.807, 2.05) is 35.5 Å². The van der Waals surface area contributed by atoms with Gasteiger partial charge in [-0.3, -0.25) is 4.79 Å². The van der Waals surface area contributed by atoms with E-state index in [2.05, 4.69) is 36.1 Å². The molecule has 0 radical (unpaired) electrons. The maximum atomic E-state index is 12.5. The molecule has 3 aromatic heterocycles. The van der Waals surface area contributed by atoms with Crippen molar-refractivity contribution >= 4 is 29.0 Å². The number of allylic oxidation sites excluding steroid dienone is 1. The van der Waals surface area contributed by atoms with E-state index in [-0.39, 0.29) is 11.3 Å². The number of amides is 1. The van der Waals surface area contributed by atoms with E-state index in [0.717, 1.165) is 35.7 Å². The zero-order valence-electron chi connectivity index (χ0n) is 20.2. The molecule has 3 aromatic rings. The van der Waals surface area contributed by atoms with Gasteiger partial charge in [0.25, 0.3) is 0 Å². The second-order valence-electron chi connectivity index (χ2n) is 9.68. The summed E-state index contributed by atoms with van der Waals surface area (Å²) in [6, 6.07) is 5.94. The Morgan fingerprint density at radius 3 is 2.56 bits per heavy atom. The minimum absolute atomic E-state index is 0.000176. The molecule has 0 unspecified atom stereocenters. The van der Waals surface area contributed by atoms with Crippen LogP contribution in [0.5, 0.6) is 0 Å². The van der Waals surface area contributed by atoms with Crippen LogP contribution in [-0.2, 0) is 4.79 Å². The average Bonchev–Trinajstić information content (AvgIpc) is 3.30. The lowest BCUT2D eigenvalue weighted by Gasteiger charge is -2.36. The fraction of sp³-hybridized carbons (Fsp3) is 0.400. The Morgan fingerprint density at radius 1 is 1.18 bits per heavy atom. The number of anilines is 1. The van der Waals surface area contributed by atoms with Crippen molar-refractivity contribution in [3.05, 3.63) is 48.7 Å². The van der Waals surface area contributed by atoms with Gasteiger partial charge in [0.1, 0.15) is 5.82 Å². The lowest BCUT2D eigenvalue weighted by molar-refractivity contribution is -0.133. The van der Waals surface area contributed by atoms with Gasteiger partial charge in [-0.05, 0) is 23.6 Å². The first-order chi connectivity index (χ1) is 16.3. The zero-order valence-corrected chi connectivity index (χ0v) is 20.2. The van der Waals surface area contributed by atoms with Crippen molar-refractivity contribution in [2.45, 2.75) is 27.2 Å². The highest BCUT2D eigenvalue weighted by molar-refractivity contribution is 6.07. The molecule has 4 heterocycles. The van der Waals surface area contributed by atoms with E-state index in [1.54, 1.807) is 24.0 Å². The first-order valence-corrected chi connectivity index (χ1v) is 11.5. The molecule has 0 saturated carbocycles. The molecule has 1 amide bonds. The summed E-state index contributed by atoms with van der Waals surface area (Å²) < 4.78 is 1.77. The summed E-state index contributed by atoms with van der Waals surface area (Å²) in [5.41, 5.74) is 3.82. The number of carbonyl (C=O) groups excluding carboxylic acids is 1. The van der Waals surface area contributed by atoms with E-state index >= 15 is 0 Å². The minimum atomic E-state index is 0.000176. The predicted octanol–water partition coefficient (Wildman–Crippen LogP) is 3.09. The Balaban J connectivity index is 1.53. The predicted molar refractivity (Wildman–Crippen MR) is 135 cm³/mol. The number of aromatic nitrogens is 4. The van der Waals surface area contributed by atoms with Gasteiger partial charge in [-0.1, -0.05) is 20.8 Å². The second kappa shape index (κ2) is 9.62. The minimum Gasteiger partial charge on any atom is -0.393 e. The third kappa shape index (κ3) is 5.08. The molecular weight excluding hydrogens is 428 g/mol. The lowest BCUT2D eigenvalue weighted by atomic mass is 9.91. The van der Waals surface area contributed by atoms with Crippen molar-refractivity contribution in [3.8, 4) is 11.3 Å². The molecule has 2 N–H and O–H groups in total. The molecule has 1 fully saturated rings. The Hall–Kier alpha value is -3.75. The zero-order chi connectivity index (χ0) is 24.3. The molecule has 9 heteroatoms. The van der Waals surface area contributed by atoms with Gasteiger partial charge in [0.15, 0.2) is 0 Å². The number of piperazine rings is 1. The van der Waals surface area contributed by atoms with Crippen molar-refractivity contribution in [1.82, 2.24) is 29.8 Å². The van der Waals surface area contributed by atoms with E-state index < -0.39 is 0 Å². The average molecular weight is 461 g/mol. The number of rotatable bonds is 6. The van der Waals surface area contributed by atoms with Crippen LogP contribution in [0, 0.1) is 10.8 Å². The first kappa shape index (κ1) is 23.4. The van der Waals surface area contributed by atoms with E-state index in [0.29, 0.717) is 30.8 Å². The Bertz CT molecular complexity index is 1200. The van der Waals surface area contributed by atoms with Crippen LogP contribution in [0.25, 0.3) is 22.3 Å². The number of nitrogens with one attached hydrogen (secondary N) is 2. The third-order valence-electron chi connectivity index (χ3n) is 5.80. The summed E-state index contributed by atoms with van der Waals surface area (Å²) in [7, 11) is 1.79. The van der Waals surface area contributed by atoms with Crippen LogP contribution < -0.4 is 10.2 Å². The van der Waals surface area contributed by atoms with Gasteiger partial charge in [-0.15, -0.1) is 0 Å². The SMILES string of the molecule is CN/C=C(\C=N)c1cn2nccc2c(-c2ccc(N3CCN(C(=O)CC(C)(C)C)CC3)nc2)n1. The number of hydrogen-bond donors (Lipinski definition) is 2. The highest BCUT2D eigenvalue weighted by Crippen LogP contribution is 2.26. The summed E-state index contributed by atoms with van der Waals surface area (Å²) in [4.78, 5) is 26.2. The molecule has 4 rings (SSSR count). The maximum Gasteiger partial charge on any atom is 0.223 e. The largest absolute Gasteiger partial charge is 0.393 e. The monoisotopic (exact) mass is 460 g/mol. The summed E-state index contributed by atoms with van der Waals surface area (Å²) in [5, 5.41) is 15.1. The summed E-state index contributed by atoms with van der Waals surface area (Å²) >= 11 is 0. The summed E-state index contributed by atoms with van der Waals surface area (Å²) in [6.07, 6.45) is 8.95. The molecular formula is C25H32N8O. The fourth-order valence-electron chi connectivity index (χ4n) is 4.09. The standard InChI is InChI=1S/C25H32N8O/c1-25(2,3)13-23(34)32-11-9-31(10-12-32)22-6-5-18(16-28-22)24-21-7-8-29-33(21)17-20(30-24)19(14-26)15-27-4/h5-8,14-17,26-27H,9-13H2,1-4H3/b19-15+,26-14?. The molecule has 34 heavy (non-hydrogen) atoms. The summed E-state index contributed by atoms with van der Waals surface area (Å²) in [6.45, 7) is 9.24. The fourth-order valence-corrected chi connectivity index (χ4v) is 4.09. The highest BCUT2D eigenvalue weighted by atomic mass is 16.2. The van der Waals surface area contributed by atoms with Gasteiger partial charge in [0.2, 0.25) is 5.91 Å². The van der Waals surface area contributed by atoms with Crippen LogP contribution in [-0.4, -0.2) is 69.8 Å². The molecule has 0 aromatic carbocycles. The van der Waals surface area contributed by atoms with E-state index in [9.17, 15) is 4.79 Å². The van der Waals surface area contributed by atoms with Gasteiger partial charge in [0, 0.05) is 69.4 Å². The second-order valence-corrected chi connectivity index (χ2v) is 9.68. The Morgan fingerprint density at radius 2 is 1.94 bits per heavy atom. The van der Waals surface area contributed by atoms with Gasteiger partial charge in [-0.2, -0.15) is 5.10 Å². The van der Waals surface area contributed by atoms with Crippen molar-refractivity contribution in [3.63, 3.8) is 0 Å². The molecule has 178 valence electrons. The van der Waals surface area contributed by atoms with Crippen LogP contribution in [0.2, 0.25) is 0 Å². The molecule has 0 spiro atoms. The lowest BCUT2D eigenvalue weighted by Crippen LogP contribution is -2.49. The van der Waals surface area contributed by atoms with E-state index in [1.165, 1.54) is 6.21 Å². The van der Waals surface area contributed by atoms with Gasteiger partial charge >= 0.3 is 0 Å². The van der Waals surface area contributed by atoms with Crippen molar-refractivity contribution in [2.24, 2.45) is 5.41 Å². The number of fused-ring (bicyclic) bond motifs is 1. The molecule has 1 aliphatic rings. The Labute approximate surface area is 200 Å². The highest BCUT2D eigenvalue weighted by Gasteiger charge is 2.25. The van der Waals surface area contributed by atoms with Crippen molar-refractivity contribution < 1.29 is 4.79 Å². The molecule has 9 nitrogen and oxygen atoms in total. The van der Waals surface area contributed by atoms with Crippen LogP contribution in [0.3, 0.4) is 0 Å². The van der Waals surface area contributed by atoms with Crippen LogP contribution >= 0.6 is 0 Å². The number of carbonyl (C=O) groups is 1. The molecule has 0 aliphatic carbocycles. The van der Waals surface area contributed by atoms with Crippen LogP contribution in [0.15, 0.2) is 43.0 Å². The van der Waals surface area contributed by atoms with Gasteiger partial charge in [-0.25, -0.2) is 14.5 Å². The van der Waals surface area contributed by atoms with Crippen molar-refractivity contribution in [1.29, 1.82) is 5.41 Å². The maximum absolute atomic E-state index is 12.5. The summed E-state index contributed by atoms with van der Waals surface area (Å²) in [5.74, 6) is 1.12. The van der Waals surface area contributed by atoms with Crippen molar-refractivity contribution in [2.75, 3.05) is 38.1 Å². The number of nitrogens with zero attached hydrogens (tertiary/aromatic N) is 6. The van der Waals surface area contributed by atoms with Gasteiger partial charge in [0.05, 0.1) is 29.3 Å². The van der Waals surface area contributed by atoms with Gasteiger partial charge < -0.3 is 20.5 Å². The van der Waals surface area contributed by atoms with Crippen LogP contribution in [0.1, 0.15) is 32.9 Å². The molecule has 0 atom stereocenters. The molecule has 0 bridgehead atoms. The first-order valence-electron chi connectivity index (χ1n) is 11.5. The number of pyridine rings is 1. The third-order valence-corrected chi connectivity index (χ3v) is 5.80. The quantitative estimate of drug-likeness (QED) is 0.548. The normalized spacial score (nSPS) is 15.0. The number of hydrogen-bond acceptors (Lipinski definition) is 7. The smallest absolute Gasteiger partial charge is 0.223 e. The van der Waals surface area contributed by atoms with E-state index in [4.69, 9.17) is 15.4 Å². The Kier molecular flexibility index (Phi) is 6.63. The topological polar surface area (TPSA) is 103 Å².